The first kappa shape index (κ1) is 18.2. The number of aromatic nitrogens is 2. The highest BCUT2D eigenvalue weighted by atomic mass is 35.5. The molecule has 26 heavy (non-hydrogen) atoms. The van der Waals surface area contributed by atoms with Gasteiger partial charge >= 0.3 is 6.01 Å². The molecule has 1 aliphatic rings. The van der Waals surface area contributed by atoms with Crippen molar-refractivity contribution < 1.29 is 14.3 Å². The normalized spacial score (nSPS) is 15.2. The van der Waals surface area contributed by atoms with Gasteiger partial charge in [-0.25, -0.2) is 4.98 Å². The molecule has 0 saturated carbocycles. The number of piperidine rings is 1. The number of likely N-dealkylation sites (tertiary alicyclic amines) is 1. The molecule has 1 saturated heterocycles. The van der Waals surface area contributed by atoms with Crippen molar-refractivity contribution >= 4 is 23.6 Å². The van der Waals surface area contributed by atoms with E-state index in [4.69, 9.17) is 21.1 Å². The number of methoxy groups -OCH3 is 1. The van der Waals surface area contributed by atoms with Gasteiger partial charge in [0.25, 0.3) is 0 Å². The first-order valence-corrected chi connectivity index (χ1v) is 8.78. The van der Waals surface area contributed by atoms with Gasteiger partial charge in [-0.1, -0.05) is 29.8 Å². The highest BCUT2D eigenvalue weighted by molar-refractivity contribution is 6.32. The van der Waals surface area contributed by atoms with E-state index in [9.17, 15) is 4.79 Å². The van der Waals surface area contributed by atoms with Gasteiger partial charge in [-0.05, 0) is 17.7 Å². The molecule has 1 aromatic heterocycles. The van der Waals surface area contributed by atoms with Crippen molar-refractivity contribution in [2.24, 2.45) is 0 Å². The Morgan fingerprint density at radius 1 is 1.27 bits per heavy atom. The molecular formula is C19H20ClN3O3. The molecular weight excluding hydrogens is 354 g/mol. The first-order valence-electron chi connectivity index (χ1n) is 8.41. The summed E-state index contributed by atoms with van der Waals surface area (Å²) in [7, 11) is 1.51. The zero-order chi connectivity index (χ0) is 18.4. The van der Waals surface area contributed by atoms with Crippen molar-refractivity contribution in [3.8, 4) is 11.9 Å². The van der Waals surface area contributed by atoms with E-state index in [0.29, 0.717) is 24.0 Å². The number of halogens is 1. The van der Waals surface area contributed by atoms with Gasteiger partial charge in [0.15, 0.2) is 0 Å². The van der Waals surface area contributed by atoms with Crippen molar-refractivity contribution in [1.29, 1.82) is 0 Å². The second-order valence-corrected chi connectivity index (χ2v) is 6.29. The van der Waals surface area contributed by atoms with Gasteiger partial charge in [0.1, 0.15) is 6.10 Å². The van der Waals surface area contributed by atoms with Crippen LogP contribution in [0, 0.1) is 0 Å². The highest BCUT2D eigenvalue weighted by Gasteiger charge is 2.23. The summed E-state index contributed by atoms with van der Waals surface area (Å²) in [5.74, 6) is 0.465. The number of rotatable bonds is 5. The molecule has 1 amide bonds. The fraction of sp³-hybridized carbons (Fsp3) is 0.316. The average Bonchev–Trinajstić information content (AvgIpc) is 2.68. The number of hydrogen-bond donors (Lipinski definition) is 0. The van der Waals surface area contributed by atoms with Crippen LogP contribution >= 0.6 is 11.6 Å². The third-order valence-corrected chi connectivity index (χ3v) is 4.49. The SMILES string of the molecule is COc1nccc(OC2CCN(C(=O)/C=C/c3ccccc3Cl)CC2)n1. The molecule has 0 aliphatic carbocycles. The van der Waals surface area contributed by atoms with Gasteiger partial charge in [-0.2, -0.15) is 4.98 Å². The van der Waals surface area contributed by atoms with E-state index >= 15 is 0 Å². The van der Waals surface area contributed by atoms with Gasteiger partial charge in [-0.15, -0.1) is 0 Å². The second kappa shape index (κ2) is 8.67. The Morgan fingerprint density at radius 3 is 2.77 bits per heavy atom. The standard InChI is InChI=1S/C19H20ClN3O3/c1-25-19-21-11-8-17(22-19)26-15-9-12-23(13-10-15)18(24)7-6-14-4-2-3-5-16(14)20/h2-8,11,15H,9-10,12-13H2,1H3/b7-6+. The van der Waals surface area contributed by atoms with Crippen LogP contribution in [0.4, 0.5) is 0 Å². The molecule has 0 atom stereocenters. The zero-order valence-electron chi connectivity index (χ0n) is 14.5. The van der Waals surface area contributed by atoms with Crippen LogP contribution in [0.25, 0.3) is 6.08 Å². The van der Waals surface area contributed by atoms with Crippen molar-refractivity contribution in [1.82, 2.24) is 14.9 Å². The maximum atomic E-state index is 12.3. The summed E-state index contributed by atoms with van der Waals surface area (Å²) in [4.78, 5) is 22.3. The van der Waals surface area contributed by atoms with E-state index in [1.807, 2.05) is 23.1 Å². The number of carbonyl (C=O) groups is 1. The highest BCUT2D eigenvalue weighted by Crippen LogP contribution is 2.20. The van der Waals surface area contributed by atoms with E-state index < -0.39 is 0 Å². The molecule has 1 aromatic carbocycles. The van der Waals surface area contributed by atoms with Gasteiger partial charge in [0.2, 0.25) is 11.8 Å². The predicted octanol–water partition coefficient (Wildman–Crippen LogP) is 3.22. The van der Waals surface area contributed by atoms with Crippen LogP contribution in [-0.4, -0.2) is 47.1 Å². The van der Waals surface area contributed by atoms with E-state index in [2.05, 4.69) is 9.97 Å². The number of nitrogens with zero attached hydrogens (tertiary/aromatic N) is 3. The summed E-state index contributed by atoms with van der Waals surface area (Å²) in [5, 5.41) is 0.629. The molecule has 3 rings (SSSR count). The maximum Gasteiger partial charge on any atom is 0.319 e. The minimum atomic E-state index is -0.0212. The molecule has 136 valence electrons. The first-order chi connectivity index (χ1) is 12.7. The van der Waals surface area contributed by atoms with Gasteiger partial charge in [0.05, 0.1) is 7.11 Å². The predicted molar refractivity (Wildman–Crippen MR) is 99.3 cm³/mol. The summed E-state index contributed by atoms with van der Waals surface area (Å²) < 4.78 is 10.9. The smallest absolute Gasteiger partial charge is 0.319 e. The third-order valence-electron chi connectivity index (χ3n) is 4.14. The lowest BCUT2D eigenvalue weighted by atomic mass is 10.1. The van der Waals surface area contributed by atoms with Crippen LogP contribution < -0.4 is 9.47 Å². The number of amides is 1. The average molecular weight is 374 g/mol. The fourth-order valence-corrected chi connectivity index (χ4v) is 2.93. The molecule has 0 unspecified atom stereocenters. The van der Waals surface area contributed by atoms with E-state index in [-0.39, 0.29) is 18.0 Å². The van der Waals surface area contributed by atoms with Crippen LogP contribution in [0.2, 0.25) is 5.02 Å². The molecule has 0 bridgehead atoms. The Hall–Kier alpha value is -2.60. The maximum absolute atomic E-state index is 12.3. The number of benzene rings is 1. The molecule has 0 spiro atoms. The molecule has 2 aromatic rings. The minimum Gasteiger partial charge on any atom is -0.474 e. The molecule has 2 heterocycles. The van der Waals surface area contributed by atoms with Crippen molar-refractivity contribution in [3.05, 3.63) is 53.2 Å². The molecule has 0 N–H and O–H groups in total. The quantitative estimate of drug-likeness (QED) is 0.753. The van der Waals surface area contributed by atoms with E-state index in [0.717, 1.165) is 18.4 Å². The topological polar surface area (TPSA) is 64.6 Å². The second-order valence-electron chi connectivity index (χ2n) is 5.88. The lowest BCUT2D eigenvalue weighted by Crippen LogP contribution is -2.41. The van der Waals surface area contributed by atoms with Crippen molar-refractivity contribution in [2.45, 2.75) is 18.9 Å². The summed E-state index contributed by atoms with van der Waals surface area (Å²) in [6, 6.07) is 9.41. The molecule has 6 nitrogen and oxygen atoms in total. The monoisotopic (exact) mass is 373 g/mol. The summed E-state index contributed by atoms with van der Waals surface area (Å²) in [6.07, 6.45) is 6.43. The molecule has 0 radical (unpaired) electrons. The lowest BCUT2D eigenvalue weighted by Gasteiger charge is -2.31. The van der Waals surface area contributed by atoms with Crippen LogP contribution in [0.5, 0.6) is 11.9 Å². The van der Waals surface area contributed by atoms with Crippen molar-refractivity contribution in [3.63, 3.8) is 0 Å². The zero-order valence-corrected chi connectivity index (χ0v) is 15.2. The Morgan fingerprint density at radius 2 is 2.04 bits per heavy atom. The largest absolute Gasteiger partial charge is 0.474 e. The number of hydrogen-bond acceptors (Lipinski definition) is 5. The lowest BCUT2D eigenvalue weighted by molar-refractivity contribution is -0.127. The Balaban J connectivity index is 1.51. The van der Waals surface area contributed by atoms with Crippen LogP contribution in [0.1, 0.15) is 18.4 Å². The van der Waals surface area contributed by atoms with Crippen LogP contribution in [0.3, 0.4) is 0 Å². The fourth-order valence-electron chi connectivity index (χ4n) is 2.73. The van der Waals surface area contributed by atoms with E-state index in [1.165, 1.54) is 7.11 Å². The van der Waals surface area contributed by atoms with Gasteiger partial charge in [0, 0.05) is 49.3 Å². The Labute approximate surface area is 157 Å². The number of ether oxygens (including phenoxy) is 2. The Bertz CT molecular complexity index is 789. The molecule has 1 fully saturated rings. The van der Waals surface area contributed by atoms with Crippen LogP contribution in [0.15, 0.2) is 42.6 Å². The van der Waals surface area contributed by atoms with E-state index in [1.54, 1.807) is 30.5 Å². The van der Waals surface area contributed by atoms with Crippen LogP contribution in [-0.2, 0) is 4.79 Å². The molecule has 7 heteroatoms. The Kier molecular flexibility index (Phi) is 6.07. The summed E-state index contributed by atoms with van der Waals surface area (Å²) in [6.45, 7) is 1.27. The summed E-state index contributed by atoms with van der Waals surface area (Å²) in [5.41, 5.74) is 0.832. The number of carbonyl (C=O) groups excluding carboxylic acids is 1. The minimum absolute atomic E-state index is 0.0196. The van der Waals surface area contributed by atoms with Crippen molar-refractivity contribution in [2.75, 3.05) is 20.2 Å². The summed E-state index contributed by atoms with van der Waals surface area (Å²) >= 11 is 6.10. The van der Waals surface area contributed by atoms with Gasteiger partial charge in [-0.3, -0.25) is 4.79 Å². The molecule has 1 aliphatic heterocycles. The third kappa shape index (κ3) is 4.73. The van der Waals surface area contributed by atoms with Gasteiger partial charge < -0.3 is 14.4 Å².